The van der Waals surface area contributed by atoms with Gasteiger partial charge in [0.15, 0.2) is 0 Å². The van der Waals surface area contributed by atoms with Crippen molar-refractivity contribution in [2.24, 2.45) is 0 Å². The minimum Gasteiger partial charge on any atom is -0.508 e. The van der Waals surface area contributed by atoms with Gasteiger partial charge in [0.25, 0.3) is 17.7 Å². The zero-order chi connectivity index (χ0) is 38.3. The minimum absolute atomic E-state index is 0.0999. The smallest absolute Gasteiger partial charge is 0.255 e. The van der Waals surface area contributed by atoms with Crippen molar-refractivity contribution in [3.8, 4) is 11.5 Å². The Kier molecular flexibility index (Phi) is 11.9. The van der Waals surface area contributed by atoms with Crippen LogP contribution >= 0.6 is 11.6 Å². The van der Waals surface area contributed by atoms with E-state index in [0.717, 1.165) is 50.6 Å². The molecule has 13 nitrogen and oxygen atoms in total. The Balaban J connectivity index is 0.942. The Labute approximate surface area is 323 Å². The number of imide groups is 1. The number of phenolic OH excluding ortho intramolecular Hbond substituents is 1. The number of aryl methyl sites for hydroxylation is 1. The Morgan fingerprint density at radius 2 is 1.62 bits per heavy atom. The molecule has 3 amide bonds. The van der Waals surface area contributed by atoms with Crippen molar-refractivity contribution in [3.63, 3.8) is 0 Å². The van der Waals surface area contributed by atoms with Gasteiger partial charge in [0.2, 0.25) is 0 Å². The normalized spacial score (nSPS) is 15.1. The summed E-state index contributed by atoms with van der Waals surface area (Å²) < 4.78 is 25.1. The van der Waals surface area contributed by atoms with Gasteiger partial charge in [0, 0.05) is 65.6 Å². The molecule has 1 unspecified atom stereocenters. The number of hydrogen-bond donors (Lipinski definition) is 2. The average molecular weight is 768 g/mol. The van der Waals surface area contributed by atoms with Crippen LogP contribution in [-0.4, -0.2) is 102 Å². The third-order valence-corrected chi connectivity index (χ3v) is 9.93. The average Bonchev–Trinajstić information content (AvgIpc) is 3.85. The molecule has 2 N–H and O–H groups in total. The summed E-state index contributed by atoms with van der Waals surface area (Å²) >= 11 is 6.61. The van der Waals surface area contributed by atoms with Gasteiger partial charge >= 0.3 is 0 Å². The SMILES string of the molecule is Cc1cccc2c(OCCOCCOCCOCCN3C(=O)C=CC3=O)cc3c(c12)C(CCl)CN3Cc1cn2cc(NC(=O)c3ccc(O)cc3)ccc2n1. The summed E-state index contributed by atoms with van der Waals surface area (Å²) in [5, 5.41) is 14.6. The Hall–Kier alpha value is -5.47. The number of halogens is 1. The molecule has 1 atom stereocenters. The number of imidazole rings is 1. The van der Waals surface area contributed by atoms with Crippen molar-refractivity contribution in [2.45, 2.75) is 19.4 Å². The maximum absolute atomic E-state index is 12.8. The molecule has 0 saturated carbocycles. The summed E-state index contributed by atoms with van der Waals surface area (Å²) in [5.41, 5.74) is 6.11. The fourth-order valence-corrected chi connectivity index (χ4v) is 7.18. The second-order valence-corrected chi connectivity index (χ2v) is 13.6. The molecule has 3 aromatic carbocycles. The number of ether oxygens (including phenoxy) is 4. The first kappa shape index (κ1) is 37.8. The van der Waals surface area contributed by atoms with E-state index >= 15 is 0 Å². The Morgan fingerprint density at radius 1 is 0.909 bits per heavy atom. The Morgan fingerprint density at radius 3 is 2.35 bits per heavy atom. The highest BCUT2D eigenvalue weighted by Crippen LogP contribution is 2.47. The van der Waals surface area contributed by atoms with Crippen LogP contribution in [0.5, 0.6) is 11.5 Å². The van der Waals surface area contributed by atoms with Crippen molar-refractivity contribution in [1.82, 2.24) is 14.3 Å². The zero-order valence-electron chi connectivity index (χ0n) is 30.4. The lowest BCUT2D eigenvalue weighted by Crippen LogP contribution is -2.33. The van der Waals surface area contributed by atoms with Gasteiger partial charge in [0.05, 0.1) is 64.1 Å². The van der Waals surface area contributed by atoms with Gasteiger partial charge in [-0.2, -0.15) is 0 Å². The molecule has 286 valence electrons. The lowest BCUT2D eigenvalue weighted by molar-refractivity contribution is -0.137. The molecule has 2 aliphatic rings. The largest absolute Gasteiger partial charge is 0.508 e. The number of carbonyl (C=O) groups excluding carboxylic acids is 3. The van der Waals surface area contributed by atoms with Crippen molar-refractivity contribution >= 4 is 57.1 Å². The molecule has 0 saturated heterocycles. The third kappa shape index (κ3) is 8.76. The summed E-state index contributed by atoms with van der Waals surface area (Å²) in [7, 11) is 0. The second kappa shape index (κ2) is 17.3. The topological polar surface area (TPSA) is 144 Å². The molecule has 4 heterocycles. The van der Waals surface area contributed by atoms with E-state index in [4.69, 9.17) is 35.5 Å². The van der Waals surface area contributed by atoms with Crippen molar-refractivity contribution in [3.05, 3.63) is 108 Å². The summed E-state index contributed by atoms with van der Waals surface area (Å²) in [6, 6.07) is 18.1. The summed E-state index contributed by atoms with van der Waals surface area (Å²) in [6.45, 7) is 6.11. The predicted octanol–water partition coefficient (Wildman–Crippen LogP) is 5.45. The van der Waals surface area contributed by atoms with E-state index in [1.807, 2.05) is 35.0 Å². The lowest BCUT2D eigenvalue weighted by atomic mass is 9.92. The van der Waals surface area contributed by atoms with Gasteiger partial charge in [-0.25, -0.2) is 4.98 Å². The predicted molar refractivity (Wildman–Crippen MR) is 208 cm³/mol. The van der Waals surface area contributed by atoms with Crippen LogP contribution < -0.4 is 15.0 Å². The molecule has 0 spiro atoms. The molecule has 0 fully saturated rings. The zero-order valence-corrected chi connectivity index (χ0v) is 31.2. The second-order valence-electron chi connectivity index (χ2n) is 13.3. The number of phenols is 1. The van der Waals surface area contributed by atoms with Crippen LogP contribution in [0.15, 0.2) is 85.2 Å². The van der Waals surface area contributed by atoms with Crippen LogP contribution in [0.25, 0.3) is 16.4 Å². The van der Waals surface area contributed by atoms with Gasteiger partial charge in [-0.05, 0) is 59.8 Å². The van der Waals surface area contributed by atoms with E-state index < -0.39 is 0 Å². The maximum Gasteiger partial charge on any atom is 0.255 e. The van der Waals surface area contributed by atoms with Gasteiger partial charge in [-0.3, -0.25) is 19.3 Å². The van der Waals surface area contributed by atoms with E-state index in [1.165, 1.54) is 29.8 Å². The minimum atomic E-state index is -0.318. The van der Waals surface area contributed by atoms with E-state index in [9.17, 15) is 19.5 Å². The highest BCUT2D eigenvalue weighted by Gasteiger charge is 2.32. The van der Waals surface area contributed by atoms with Gasteiger partial charge in [-0.15, -0.1) is 11.6 Å². The van der Waals surface area contributed by atoms with Crippen LogP contribution in [0.4, 0.5) is 11.4 Å². The van der Waals surface area contributed by atoms with Crippen molar-refractivity contribution in [1.29, 1.82) is 0 Å². The maximum atomic E-state index is 12.8. The number of pyridine rings is 1. The number of nitrogens with zero attached hydrogens (tertiary/aromatic N) is 4. The molecule has 0 bridgehead atoms. The number of aromatic nitrogens is 2. The Bertz CT molecular complexity index is 2200. The van der Waals surface area contributed by atoms with E-state index in [2.05, 4.69) is 35.3 Å². The molecule has 7 rings (SSSR count). The molecular weight excluding hydrogens is 726 g/mol. The van der Waals surface area contributed by atoms with E-state index in [1.54, 1.807) is 12.1 Å². The van der Waals surface area contributed by atoms with Crippen LogP contribution in [0.2, 0.25) is 0 Å². The molecule has 0 aliphatic carbocycles. The van der Waals surface area contributed by atoms with Crippen LogP contribution in [0.3, 0.4) is 0 Å². The number of fused-ring (bicyclic) bond motifs is 4. The first-order valence-corrected chi connectivity index (χ1v) is 18.7. The number of alkyl halides is 1. The fraction of sp³-hybridized carbons (Fsp3) is 0.317. The van der Waals surface area contributed by atoms with E-state index in [-0.39, 0.29) is 42.5 Å². The van der Waals surface area contributed by atoms with Crippen molar-refractivity contribution in [2.75, 3.05) is 75.4 Å². The monoisotopic (exact) mass is 767 g/mol. The first-order valence-electron chi connectivity index (χ1n) is 18.1. The highest BCUT2D eigenvalue weighted by molar-refractivity contribution is 6.19. The molecule has 14 heteroatoms. The standard InChI is InChI=1S/C41H42ClN5O8/c1-27-3-2-4-33-35(55-20-19-54-18-17-53-16-15-52-14-13-47-37(49)11-12-38(47)50)21-34-40(39(27)33)29(22-42)23-45(34)25-31-26-46-24-30(7-10-36(46)43-31)44-41(51)28-5-8-32(48)9-6-28/h2-12,21,24,26,29,48H,13-20,22-23,25H2,1H3,(H,44,51). The summed E-state index contributed by atoms with van der Waals surface area (Å²) in [5.74, 6) is 0.557. The number of carbonyl (C=O) groups is 3. The fourth-order valence-electron chi connectivity index (χ4n) is 6.93. The highest BCUT2D eigenvalue weighted by atomic mass is 35.5. The number of benzene rings is 3. The number of anilines is 2. The van der Waals surface area contributed by atoms with Gasteiger partial charge < -0.3 is 38.7 Å². The van der Waals surface area contributed by atoms with E-state index in [0.29, 0.717) is 63.3 Å². The number of hydrogen-bond acceptors (Lipinski definition) is 10. The molecule has 5 aromatic rings. The molecule has 55 heavy (non-hydrogen) atoms. The molecular formula is C41H42ClN5O8. The van der Waals surface area contributed by atoms with Crippen LogP contribution in [-0.2, 0) is 30.3 Å². The molecule has 2 aromatic heterocycles. The number of aromatic hydroxyl groups is 1. The number of nitrogens with one attached hydrogen (secondary N) is 1. The van der Waals surface area contributed by atoms with Gasteiger partial charge in [-0.1, -0.05) is 18.2 Å². The summed E-state index contributed by atoms with van der Waals surface area (Å²) in [4.78, 5) is 44.2. The van der Waals surface area contributed by atoms with Crippen LogP contribution in [0, 0.1) is 6.92 Å². The quantitative estimate of drug-likeness (QED) is 0.0671. The van der Waals surface area contributed by atoms with Gasteiger partial charge in [0.1, 0.15) is 23.8 Å². The number of amides is 3. The summed E-state index contributed by atoms with van der Waals surface area (Å²) in [6.07, 6.45) is 6.32. The van der Waals surface area contributed by atoms with Crippen molar-refractivity contribution < 1.29 is 38.4 Å². The number of rotatable bonds is 18. The first-order chi connectivity index (χ1) is 26.8. The molecule has 0 radical (unpaired) electrons. The van der Waals surface area contributed by atoms with Crippen LogP contribution in [0.1, 0.15) is 33.1 Å². The molecule has 2 aliphatic heterocycles. The third-order valence-electron chi connectivity index (χ3n) is 9.56. The lowest BCUT2D eigenvalue weighted by Gasteiger charge is -2.21.